The number of hydrogen-bond donors (Lipinski definition) is 2. The molecule has 0 radical (unpaired) electrons. The number of likely N-dealkylation sites (N-methyl/N-ethyl adjacent to an activating group) is 1. The molecule has 156 valence electrons. The highest BCUT2D eigenvalue weighted by Crippen LogP contribution is 2.39. The maximum absolute atomic E-state index is 12.8. The Kier molecular flexibility index (Phi) is 6.37. The van der Waals surface area contributed by atoms with Crippen LogP contribution in [0.25, 0.3) is 0 Å². The van der Waals surface area contributed by atoms with Crippen LogP contribution in [0.5, 0.6) is 0 Å². The number of rotatable bonds is 5. The highest BCUT2D eigenvalue weighted by molar-refractivity contribution is 5.92. The van der Waals surface area contributed by atoms with Crippen molar-refractivity contribution < 1.29 is 14.7 Å². The second kappa shape index (κ2) is 8.78. The van der Waals surface area contributed by atoms with Gasteiger partial charge in [0.05, 0.1) is 12.1 Å². The molecule has 1 saturated carbocycles. The summed E-state index contributed by atoms with van der Waals surface area (Å²) in [6, 6.07) is 11.5. The van der Waals surface area contributed by atoms with E-state index in [0.717, 1.165) is 18.4 Å². The van der Waals surface area contributed by atoms with Gasteiger partial charge in [0.25, 0.3) is 5.91 Å². The molecule has 7 nitrogen and oxygen atoms in total. The van der Waals surface area contributed by atoms with Crippen LogP contribution in [0.15, 0.2) is 42.6 Å². The number of hydrogen-bond acceptors (Lipinski definition) is 4. The van der Waals surface area contributed by atoms with Crippen molar-refractivity contribution in [1.82, 2.24) is 20.0 Å². The van der Waals surface area contributed by atoms with E-state index in [2.05, 4.69) is 22.5 Å². The summed E-state index contributed by atoms with van der Waals surface area (Å²) in [5, 5.41) is 18.0. The lowest BCUT2D eigenvalue weighted by Gasteiger charge is -2.34. The molecule has 2 N–H and O–H groups in total. The van der Waals surface area contributed by atoms with Gasteiger partial charge in [-0.15, -0.1) is 0 Å². The van der Waals surface area contributed by atoms with E-state index in [-0.39, 0.29) is 23.3 Å². The molecule has 1 heterocycles. The summed E-state index contributed by atoms with van der Waals surface area (Å²) in [5.41, 5.74) is 1.26. The number of carbonyl (C=O) groups excluding carboxylic acids is 2. The van der Waals surface area contributed by atoms with Crippen molar-refractivity contribution >= 4 is 11.8 Å². The molecule has 3 atom stereocenters. The van der Waals surface area contributed by atoms with Crippen LogP contribution in [0, 0.1) is 0 Å². The number of benzene rings is 1. The van der Waals surface area contributed by atoms with E-state index in [9.17, 15) is 14.7 Å². The molecule has 0 spiro atoms. The lowest BCUT2D eigenvalue weighted by atomic mass is 9.74. The molecule has 7 heteroatoms. The van der Waals surface area contributed by atoms with E-state index in [1.165, 1.54) is 6.92 Å². The van der Waals surface area contributed by atoms with Crippen LogP contribution in [0.3, 0.4) is 0 Å². The molecule has 1 aromatic heterocycles. The predicted octanol–water partition coefficient (Wildman–Crippen LogP) is 1.87. The topological polar surface area (TPSA) is 87.5 Å². The Bertz CT molecular complexity index is 851. The minimum absolute atomic E-state index is 0.0656. The smallest absolute Gasteiger partial charge is 0.274 e. The van der Waals surface area contributed by atoms with Crippen molar-refractivity contribution in [3.63, 3.8) is 0 Å². The fraction of sp³-hybridized carbons (Fsp3) is 0.500. The molecule has 0 saturated heterocycles. The van der Waals surface area contributed by atoms with Crippen molar-refractivity contribution in [3.05, 3.63) is 53.9 Å². The molecular formula is C22H30N4O3. The van der Waals surface area contributed by atoms with Crippen LogP contribution in [0.4, 0.5) is 0 Å². The number of aromatic nitrogens is 2. The van der Waals surface area contributed by atoms with Gasteiger partial charge < -0.3 is 15.3 Å². The zero-order valence-corrected chi connectivity index (χ0v) is 17.3. The molecule has 2 aromatic rings. The first-order valence-electron chi connectivity index (χ1n) is 10.1. The number of aryl methyl sites for hydroxylation is 1. The summed E-state index contributed by atoms with van der Waals surface area (Å²) >= 11 is 0. The number of amides is 2. The third kappa shape index (κ3) is 4.67. The van der Waals surface area contributed by atoms with Crippen LogP contribution in [0.2, 0.25) is 0 Å². The average molecular weight is 399 g/mol. The van der Waals surface area contributed by atoms with Gasteiger partial charge in [0.15, 0.2) is 0 Å². The number of nitrogens with zero attached hydrogens (tertiary/aromatic N) is 3. The Morgan fingerprint density at radius 1 is 1.24 bits per heavy atom. The van der Waals surface area contributed by atoms with Gasteiger partial charge in [-0.1, -0.05) is 30.3 Å². The van der Waals surface area contributed by atoms with E-state index >= 15 is 0 Å². The normalized spacial score (nSPS) is 24.6. The molecule has 0 aliphatic heterocycles. The Hall–Kier alpha value is -2.67. The second-order valence-electron chi connectivity index (χ2n) is 8.06. The first kappa shape index (κ1) is 21.0. The number of aliphatic hydroxyl groups excluding tert-OH is 1. The Labute approximate surface area is 171 Å². The SMILES string of the molecule is CC(=O)NC[C@]1(c2ccccc2)CC[C@@H](O)[C@H](N(C)C(=O)c2ccn(C)n2)CC1. The molecule has 1 aromatic carbocycles. The molecule has 0 unspecified atom stereocenters. The van der Waals surface area contributed by atoms with Gasteiger partial charge in [-0.3, -0.25) is 14.3 Å². The predicted molar refractivity (Wildman–Crippen MR) is 110 cm³/mol. The fourth-order valence-electron chi connectivity index (χ4n) is 4.32. The molecule has 1 aliphatic carbocycles. The monoisotopic (exact) mass is 398 g/mol. The summed E-state index contributed by atoms with van der Waals surface area (Å²) in [6.45, 7) is 2.04. The number of aliphatic hydroxyl groups is 1. The largest absolute Gasteiger partial charge is 0.391 e. The van der Waals surface area contributed by atoms with Crippen LogP contribution in [-0.2, 0) is 17.3 Å². The third-order valence-electron chi connectivity index (χ3n) is 6.09. The molecule has 0 bridgehead atoms. The van der Waals surface area contributed by atoms with Gasteiger partial charge in [-0.2, -0.15) is 5.10 Å². The Morgan fingerprint density at radius 3 is 2.55 bits per heavy atom. The number of nitrogens with one attached hydrogen (secondary N) is 1. The van der Waals surface area contributed by atoms with E-state index < -0.39 is 6.10 Å². The van der Waals surface area contributed by atoms with Crippen LogP contribution in [0.1, 0.15) is 48.7 Å². The molecule has 2 amide bonds. The van der Waals surface area contributed by atoms with Crippen LogP contribution >= 0.6 is 0 Å². The first-order chi connectivity index (χ1) is 13.8. The molecular weight excluding hydrogens is 368 g/mol. The third-order valence-corrected chi connectivity index (χ3v) is 6.09. The summed E-state index contributed by atoms with van der Waals surface area (Å²) in [5.74, 6) is -0.257. The van der Waals surface area contributed by atoms with E-state index in [4.69, 9.17) is 0 Å². The molecule has 3 rings (SSSR count). The van der Waals surface area contributed by atoms with Crippen molar-refractivity contribution in [2.45, 2.75) is 50.2 Å². The molecule has 1 aliphatic rings. The summed E-state index contributed by atoms with van der Waals surface area (Å²) < 4.78 is 1.60. The highest BCUT2D eigenvalue weighted by Gasteiger charge is 2.40. The first-order valence-corrected chi connectivity index (χ1v) is 10.1. The van der Waals surface area contributed by atoms with Gasteiger partial charge in [0.1, 0.15) is 5.69 Å². The Balaban J connectivity index is 1.82. The van der Waals surface area contributed by atoms with Crippen molar-refractivity contribution in [3.8, 4) is 0 Å². The van der Waals surface area contributed by atoms with Crippen LogP contribution < -0.4 is 5.32 Å². The average Bonchev–Trinajstić information content (AvgIpc) is 3.07. The summed E-state index contributed by atoms with van der Waals surface area (Å²) in [4.78, 5) is 26.1. The maximum atomic E-state index is 12.8. The lowest BCUT2D eigenvalue weighted by Crippen LogP contribution is -2.44. The number of carbonyl (C=O) groups is 2. The molecule has 29 heavy (non-hydrogen) atoms. The van der Waals surface area contributed by atoms with E-state index in [1.807, 2.05) is 18.2 Å². The standard InChI is InChI=1S/C22H30N4O3/c1-16(27)23-15-22(17-7-5-4-6-8-17)12-9-19(20(28)10-13-22)26(3)21(29)18-11-14-25(2)24-18/h4-8,11,14,19-20,28H,9-10,12-13,15H2,1-3H3,(H,23,27)/t19-,20-,22-/m1/s1. The zero-order valence-electron chi connectivity index (χ0n) is 17.3. The fourth-order valence-corrected chi connectivity index (χ4v) is 4.32. The van der Waals surface area contributed by atoms with E-state index in [1.54, 1.807) is 35.9 Å². The van der Waals surface area contributed by atoms with Crippen LogP contribution in [-0.4, -0.2) is 57.3 Å². The van der Waals surface area contributed by atoms with Gasteiger partial charge in [0, 0.05) is 39.2 Å². The highest BCUT2D eigenvalue weighted by atomic mass is 16.3. The van der Waals surface area contributed by atoms with Gasteiger partial charge >= 0.3 is 0 Å². The van der Waals surface area contributed by atoms with Crippen molar-refractivity contribution in [2.75, 3.05) is 13.6 Å². The quantitative estimate of drug-likeness (QED) is 0.753. The minimum Gasteiger partial charge on any atom is -0.391 e. The van der Waals surface area contributed by atoms with E-state index in [0.29, 0.717) is 25.1 Å². The summed E-state index contributed by atoms with van der Waals surface area (Å²) in [6.07, 6.45) is 3.80. The Morgan fingerprint density at radius 2 is 1.93 bits per heavy atom. The zero-order chi connectivity index (χ0) is 21.0. The van der Waals surface area contributed by atoms with Gasteiger partial charge in [-0.25, -0.2) is 0 Å². The summed E-state index contributed by atoms with van der Waals surface area (Å²) in [7, 11) is 3.50. The second-order valence-corrected chi connectivity index (χ2v) is 8.06. The van der Waals surface area contributed by atoms with Crippen molar-refractivity contribution in [1.29, 1.82) is 0 Å². The van der Waals surface area contributed by atoms with Crippen molar-refractivity contribution in [2.24, 2.45) is 7.05 Å². The van der Waals surface area contributed by atoms with Gasteiger partial charge in [0.2, 0.25) is 5.91 Å². The minimum atomic E-state index is -0.629. The van der Waals surface area contributed by atoms with Gasteiger partial charge in [-0.05, 0) is 37.3 Å². The molecule has 1 fully saturated rings. The lowest BCUT2D eigenvalue weighted by molar-refractivity contribution is -0.119. The maximum Gasteiger partial charge on any atom is 0.274 e.